The third-order valence-electron chi connectivity index (χ3n) is 2.20. The van der Waals surface area contributed by atoms with Gasteiger partial charge in [0, 0.05) is 17.8 Å². The second-order valence-electron chi connectivity index (χ2n) is 3.34. The van der Waals surface area contributed by atoms with Gasteiger partial charge < -0.3 is 15.2 Å². The highest BCUT2D eigenvalue weighted by atomic mass is 16.5. The summed E-state index contributed by atoms with van der Waals surface area (Å²) >= 11 is 0. The molecule has 14 heavy (non-hydrogen) atoms. The SMILES string of the molecule is CCC(C)Nc1ccc(OC)c(O)c1. The normalized spacial score (nSPS) is 12.2. The summed E-state index contributed by atoms with van der Waals surface area (Å²) in [5.41, 5.74) is 0.914. The van der Waals surface area contributed by atoms with Crippen LogP contribution in [0.4, 0.5) is 5.69 Å². The summed E-state index contributed by atoms with van der Waals surface area (Å²) < 4.78 is 4.95. The zero-order valence-electron chi connectivity index (χ0n) is 8.87. The highest BCUT2D eigenvalue weighted by Crippen LogP contribution is 2.28. The minimum atomic E-state index is 0.167. The number of nitrogens with one attached hydrogen (secondary N) is 1. The Bertz CT molecular complexity index is 299. The van der Waals surface area contributed by atoms with Crippen LogP contribution < -0.4 is 10.1 Å². The molecule has 0 spiro atoms. The zero-order chi connectivity index (χ0) is 10.6. The Hall–Kier alpha value is -1.38. The smallest absolute Gasteiger partial charge is 0.160 e. The van der Waals surface area contributed by atoms with E-state index in [9.17, 15) is 5.11 Å². The minimum Gasteiger partial charge on any atom is -0.504 e. The number of benzene rings is 1. The lowest BCUT2D eigenvalue weighted by Crippen LogP contribution is -2.13. The van der Waals surface area contributed by atoms with Gasteiger partial charge in [0.25, 0.3) is 0 Å². The molecular formula is C11H17NO2. The number of phenols is 1. The van der Waals surface area contributed by atoms with Crippen LogP contribution >= 0.6 is 0 Å². The third kappa shape index (κ3) is 2.55. The van der Waals surface area contributed by atoms with Crippen molar-refractivity contribution in [2.24, 2.45) is 0 Å². The van der Waals surface area contributed by atoms with Crippen LogP contribution in [0.25, 0.3) is 0 Å². The molecule has 0 aliphatic rings. The molecule has 0 aliphatic heterocycles. The molecule has 0 aliphatic carbocycles. The molecule has 0 fully saturated rings. The first kappa shape index (κ1) is 10.7. The first-order valence-electron chi connectivity index (χ1n) is 4.81. The largest absolute Gasteiger partial charge is 0.504 e. The number of hydrogen-bond acceptors (Lipinski definition) is 3. The van der Waals surface area contributed by atoms with E-state index in [4.69, 9.17) is 4.74 Å². The Morgan fingerprint density at radius 2 is 2.21 bits per heavy atom. The van der Waals surface area contributed by atoms with Crippen molar-refractivity contribution in [2.45, 2.75) is 26.3 Å². The fraction of sp³-hybridized carbons (Fsp3) is 0.455. The van der Waals surface area contributed by atoms with Gasteiger partial charge in [-0.05, 0) is 25.5 Å². The summed E-state index contributed by atoms with van der Waals surface area (Å²) in [6.45, 7) is 4.21. The number of anilines is 1. The van der Waals surface area contributed by atoms with Crippen LogP contribution in [0.3, 0.4) is 0 Å². The molecule has 2 N–H and O–H groups in total. The first-order valence-corrected chi connectivity index (χ1v) is 4.81. The molecule has 1 rings (SSSR count). The molecule has 0 bridgehead atoms. The topological polar surface area (TPSA) is 41.5 Å². The second-order valence-corrected chi connectivity index (χ2v) is 3.34. The second kappa shape index (κ2) is 4.74. The summed E-state index contributed by atoms with van der Waals surface area (Å²) in [6, 6.07) is 5.72. The lowest BCUT2D eigenvalue weighted by Gasteiger charge is -2.13. The van der Waals surface area contributed by atoms with E-state index in [-0.39, 0.29) is 5.75 Å². The Kier molecular flexibility index (Phi) is 3.63. The Labute approximate surface area is 84.7 Å². The van der Waals surface area contributed by atoms with Crippen molar-refractivity contribution in [1.82, 2.24) is 0 Å². The van der Waals surface area contributed by atoms with Gasteiger partial charge in [0.05, 0.1) is 7.11 Å². The monoisotopic (exact) mass is 195 g/mol. The van der Waals surface area contributed by atoms with Crippen LogP contribution in [0.5, 0.6) is 11.5 Å². The zero-order valence-corrected chi connectivity index (χ0v) is 8.87. The molecule has 0 heterocycles. The van der Waals surface area contributed by atoms with Crippen LogP contribution in [0.2, 0.25) is 0 Å². The van der Waals surface area contributed by atoms with Gasteiger partial charge in [-0.2, -0.15) is 0 Å². The van der Waals surface area contributed by atoms with E-state index in [0.29, 0.717) is 11.8 Å². The number of ether oxygens (including phenoxy) is 1. The maximum Gasteiger partial charge on any atom is 0.160 e. The molecule has 1 aromatic carbocycles. The Morgan fingerprint density at radius 3 is 2.71 bits per heavy atom. The van der Waals surface area contributed by atoms with Gasteiger partial charge in [-0.1, -0.05) is 6.92 Å². The van der Waals surface area contributed by atoms with E-state index in [1.54, 1.807) is 12.1 Å². The highest BCUT2D eigenvalue weighted by molar-refractivity contribution is 5.54. The molecule has 1 unspecified atom stereocenters. The van der Waals surface area contributed by atoms with Crippen molar-refractivity contribution >= 4 is 5.69 Å². The summed E-state index contributed by atoms with van der Waals surface area (Å²) in [6.07, 6.45) is 1.05. The Balaban J connectivity index is 2.76. The molecule has 0 radical (unpaired) electrons. The molecule has 0 amide bonds. The van der Waals surface area contributed by atoms with Gasteiger partial charge in [-0.3, -0.25) is 0 Å². The van der Waals surface area contributed by atoms with E-state index in [1.807, 2.05) is 6.07 Å². The summed E-state index contributed by atoms with van der Waals surface area (Å²) in [7, 11) is 1.54. The van der Waals surface area contributed by atoms with E-state index < -0.39 is 0 Å². The molecule has 1 atom stereocenters. The maximum absolute atomic E-state index is 9.51. The molecule has 3 heteroatoms. The lowest BCUT2D eigenvalue weighted by molar-refractivity contribution is 0.373. The van der Waals surface area contributed by atoms with Crippen molar-refractivity contribution in [3.63, 3.8) is 0 Å². The number of phenolic OH excluding ortho intramolecular Hbond substituents is 1. The van der Waals surface area contributed by atoms with Gasteiger partial charge >= 0.3 is 0 Å². The van der Waals surface area contributed by atoms with Crippen molar-refractivity contribution < 1.29 is 9.84 Å². The number of aromatic hydroxyl groups is 1. The Morgan fingerprint density at radius 1 is 1.50 bits per heavy atom. The van der Waals surface area contributed by atoms with Crippen LogP contribution in [0, 0.1) is 0 Å². The van der Waals surface area contributed by atoms with Crippen molar-refractivity contribution in [3.05, 3.63) is 18.2 Å². The van der Waals surface area contributed by atoms with Crippen LogP contribution in [0.1, 0.15) is 20.3 Å². The number of rotatable bonds is 4. The van der Waals surface area contributed by atoms with E-state index in [0.717, 1.165) is 12.1 Å². The summed E-state index contributed by atoms with van der Waals surface area (Å²) in [5, 5.41) is 12.8. The molecule has 0 saturated heterocycles. The fourth-order valence-electron chi connectivity index (χ4n) is 1.17. The van der Waals surface area contributed by atoms with E-state index in [1.165, 1.54) is 7.11 Å². The molecule has 1 aromatic rings. The average molecular weight is 195 g/mol. The van der Waals surface area contributed by atoms with Crippen LogP contribution in [0.15, 0.2) is 18.2 Å². The molecule has 78 valence electrons. The van der Waals surface area contributed by atoms with Crippen LogP contribution in [-0.2, 0) is 0 Å². The number of hydrogen-bond donors (Lipinski definition) is 2. The molecule has 0 aromatic heterocycles. The predicted molar refractivity (Wildman–Crippen MR) is 58.0 cm³/mol. The van der Waals surface area contributed by atoms with Gasteiger partial charge in [0.2, 0.25) is 0 Å². The van der Waals surface area contributed by atoms with Gasteiger partial charge in [0.1, 0.15) is 0 Å². The lowest BCUT2D eigenvalue weighted by atomic mass is 10.2. The van der Waals surface area contributed by atoms with E-state index >= 15 is 0 Å². The summed E-state index contributed by atoms with van der Waals surface area (Å²) in [5.74, 6) is 0.667. The van der Waals surface area contributed by atoms with Gasteiger partial charge in [-0.25, -0.2) is 0 Å². The standard InChI is InChI=1S/C11H17NO2/c1-4-8(2)12-9-5-6-11(14-3)10(13)7-9/h5-8,12-13H,4H2,1-3H3. The van der Waals surface area contributed by atoms with Crippen molar-refractivity contribution in [1.29, 1.82) is 0 Å². The number of methoxy groups -OCH3 is 1. The molecular weight excluding hydrogens is 178 g/mol. The van der Waals surface area contributed by atoms with E-state index in [2.05, 4.69) is 19.2 Å². The van der Waals surface area contributed by atoms with Crippen LogP contribution in [-0.4, -0.2) is 18.3 Å². The summed E-state index contributed by atoms with van der Waals surface area (Å²) in [4.78, 5) is 0. The van der Waals surface area contributed by atoms with Crippen molar-refractivity contribution in [3.8, 4) is 11.5 Å². The fourth-order valence-corrected chi connectivity index (χ4v) is 1.17. The quantitative estimate of drug-likeness (QED) is 0.776. The van der Waals surface area contributed by atoms with Gasteiger partial charge in [0.15, 0.2) is 11.5 Å². The minimum absolute atomic E-state index is 0.167. The highest BCUT2D eigenvalue weighted by Gasteiger charge is 2.03. The van der Waals surface area contributed by atoms with Gasteiger partial charge in [-0.15, -0.1) is 0 Å². The predicted octanol–water partition coefficient (Wildman–Crippen LogP) is 2.61. The molecule has 3 nitrogen and oxygen atoms in total. The maximum atomic E-state index is 9.51. The molecule has 0 saturated carbocycles. The third-order valence-corrected chi connectivity index (χ3v) is 2.20. The van der Waals surface area contributed by atoms with Crippen molar-refractivity contribution in [2.75, 3.05) is 12.4 Å². The first-order chi connectivity index (χ1) is 6.67. The average Bonchev–Trinajstić information content (AvgIpc) is 2.18.